The summed E-state index contributed by atoms with van der Waals surface area (Å²) >= 11 is 0. The molecular formula is C25H24N2O4. The number of carbonyl (C=O) groups excluding carboxylic acids is 2. The van der Waals surface area contributed by atoms with Crippen LogP contribution in [-0.2, 0) is 16.1 Å². The Morgan fingerprint density at radius 2 is 1.61 bits per heavy atom. The Bertz CT molecular complexity index is 1210. The third-order valence-corrected chi connectivity index (χ3v) is 5.08. The Kier molecular flexibility index (Phi) is 5.89. The number of anilines is 1. The Morgan fingerprint density at radius 3 is 2.39 bits per heavy atom. The van der Waals surface area contributed by atoms with Crippen molar-refractivity contribution in [2.75, 3.05) is 5.32 Å². The third-order valence-electron chi connectivity index (χ3n) is 5.08. The number of benzene rings is 3. The van der Waals surface area contributed by atoms with Gasteiger partial charge in [0.05, 0.1) is 0 Å². The number of rotatable bonds is 6. The number of carbonyl (C=O) groups is 2. The predicted molar refractivity (Wildman–Crippen MR) is 121 cm³/mol. The minimum Gasteiger partial charge on any atom is -0.456 e. The van der Waals surface area contributed by atoms with Gasteiger partial charge < -0.3 is 19.8 Å². The molecule has 31 heavy (non-hydrogen) atoms. The van der Waals surface area contributed by atoms with Crippen molar-refractivity contribution in [3.05, 3.63) is 78.4 Å². The molecule has 0 aliphatic heterocycles. The fourth-order valence-corrected chi connectivity index (χ4v) is 3.45. The number of furan rings is 1. The zero-order valence-corrected chi connectivity index (χ0v) is 17.4. The fraction of sp³-hybridized carbons (Fsp3) is 0.200. The Labute approximate surface area is 180 Å². The van der Waals surface area contributed by atoms with Crippen LogP contribution in [0.1, 0.15) is 19.4 Å². The molecular weight excluding hydrogens is 392 g/mol. The van der Waals surface area contributed by atoms with E-state index in [0.717, 1.165) is 21.9 Å². The molecule has 0 radical (unpaired) electrons. The summed E-state index contributed by atoms with van der Waals surface area (Å²) in [5.74, 6) is -0.443. The van der Waals surface area contributed by atoms with Crippen molar-refractivity contribution in [3.63, 3.8) is 0 Å². The fourth-order valence-electron chi connectivity index (χ4n) is 3.45. The molecule has 2 N–H and O–H groups in total. The van der Waals surface area contributed by atoms with E-state index < -0.39 is 12.1 Å². The first kappa shape index (κ1) is 20.5. The van der Waals surface area contributed by atoms with E-state index in [0.29, 0.717) is 11.3 Å². The van der Waals surface area contributed by atoms with Gasteiger partial charge in [0.2, 0.25) is 5.91 Å². The van der Waals surface area contributed by atoms with Crippen LogP contribution in [0, 0.1) is 5.92 Å². The van der Waals surface area contributed by atoms with Gasteiger partial charge in [-0.3, -0.25) is 4.79 Å². The molecule has 4 rings (SSSR count). The average Bonchev–Trinajstić information content (AvgIpc) is 3.14. The molecule has 0 saturated heterocycles. The summed E-state index contributed by atoms with van der Waals surface area (Å²) in [6, 6.07) is 22.0. The highest BCUT2D eigenvalue weighted by Crippen LogP contribution is 2.30. The lowest BCUT2D eigenvalue weighted by atomic mass is 10.0. The van der Waals surface area contributed by atoms with Gasteiger partial charge in [0.15, 0.2) is 0 Å². The zero-order valence-electron chi connectivity index (χ0n) is 17.4. The van der Waals surface area contributed by atoms with Crippen LogP contribution in [0.4, 0.5) is 10.5 Å². The standard InChI is InChI=1S/C25H24N2O4/c1-16(2)23(27-25(29)30-15-17-8-4-3-5-9-17)24(28)26-18-12-13-20-19-10-6-7-11-21(19)31-22(20)14-18/h3-14,16,23H,15H2,1-2H3,(H,26,28)(H,27,29)/t23-/m0/s1. The molecule has 1 heterocycles. The van der Waals surface area contributed by atoms with E-state index in [1.165, 1.54) is 0 Å². The summed E-state index contributed by atoms with van der Waals surface area (Å²) in [6.45, 7) is 3.87. The SMILES string of the molecule is CC(C)[C@H](NC(=O)OCc1ccccc1)C(=O)Nc1ccc2c(c1)oc1ccccc12. The number of ether oxygens (including phenoxy) is 1. The molecule has 1 atom stereocenters. The van der Waals surface area contributed by atoms with Crippen LogP contribution in [0.3, 0.4) is 0 Å². The largest absolute Gasteiger partial charge is 0.456 e. The lowest BCUT2D eigenvalue weighted by Crippen LogP contribution is -2.47. The number of amides is 2. The van der Waals surface area contributed by atoms with Crippen LogP contribution >= 0.6 is 0 Å². The molecule has 0 fully saturated rings. The number of fused-ring (bicyclic) bond motifs is 3. The van der Waals surface area contributed by atoms with Crippen molar-refractivity contribution >= 4 is 39.6 Å². The van der Waals surface area contributed by atoms with Crippen LogP contribution < -0.4 is 10.6 Å². The second-order valence-corrected chi connectivity index (χ2v) is 7.73. The molecule has 1 aromatic heterocycles. The van der Waals surface area contributed by atoms with Gasteiger partial charge in [0, 0.05) is 22.5 Å². The number of hydrogen-bond acceptors (Lipinski definition) is 4. The van der Waals surface area contributed by atoms with Crippen LogP contribution in [0.5, 0.6) is 0 Å². The van der Waals surface area contributed by atoms with Crippen LogP contribution in [0.15, 0.2) is 77.2 Å². The average molecular weight is 416 g/mol. The molecule has 6 nitrogen and oxygen atoms in total. The number of para-hydroxylation sites is 1. The van der Waals surface area contributed by atoms with Gasteiger partial charge in [-0.15, -0.1) is 0 Å². The van der Waals surface area contributed by atoms with Crippen molar-refractivity contribution in [1.82, 2.24) is 5.32 Å². The summed E-state index contributed by atoms with van der Waals surface area (Å²) in [5.41, 5.74) is 2.96. The minimum absolute atomic E-state index is 0.126. The molecule has 0 aliphatic carbocycles. The number of alkyl carbamates (subject to hydrolysis) is 1. The summed E-state index contributed by atoms with van der Waals surface area (Å²) in [7, 11) is 0. The zero-order chi connectivity index (χ0) is 21.8. The summed E-state index contributed by atoms with van der Waals surface area (Å²) in [6.07, 6.45) is -0.634. The van der Waals surface area contributed by atoms with Gasteiger partial charge in [-0.2, -0.15) is 0 Å². The van der Waals surface area contributed by atoms with E-state index in [9.17, 15) is 9.59 Å². The number of hydrogen-bond donors (Lipinski definition) is 2. The van der Waals surface area contributed by atoms with Gasteiger partial charge >= 0.3 is 6.09 Å². The van der Waals surface area contributed by atoms with Crippen molar-refractivity contribution in [1.29, 1.82) is 0 Å². The quantitative estimate of drug-likeness (QED) is 0.436. The van der Waals surface area contributed by atoms with E-state index in [2.05, 4.69) is 10.6 Å². The van der Waals surface area contributed by atoms with E-state index in [4.69, 9.17) is 9.15 Å². The highest BCUT2D eigenvalue weighted by atomic mass is 16.5. The van der Waals surface area contributed by atoms with Gasteiger partial charge in [-0.1, -0.05) is 62.4 Å². The smallest absolute Gasteiger partial charge is 0.408 e. The molecule has 0 unspecified atom stereocenters. The lowest BCUT2D eigenvalue weighted by molar-refractivity contribution is -0.119. The molecule has 2 amide bonds. The van der Waals surface area contributed by atoms with Gasteiger partial charge in [0.1, 0.15) is 23.8 Å². The van der Waals surface area contributed by atoms with Crippen molar-refractivity contribution in [3.8, 4) is 0 Å². The molecule has 0 saturated carbocycles. The monoisotopic (exact) mass is 416 g/mol. The maximum absolute atomic E-state index is 12.9. The Hall–Kier alpha value is -3.80. The summed E-state index contributed by atoms with van der Waals surface area (Å²) < 4.78 is 11.1. The normalized spacial score (nSPS) is 12.1. The maximum Gasteiger partial charge on any atom is 0.408 e. The molecule has 3 aromatic carbocycles. The van der Waals surface area contributed by atoms with Gasteiger partial charge in [0.25, 0.3) is 0 Å². The molecule has 0 bridgehead atoms. The predicted octanol–water partition coefficient (Wildman–Crippen LogP) is 5.48. The highest BCUT2D eigenvalue weighted by Gasteiger charge is 2.25. The summed E-state index contributed by atoms with van der Waals surface area (Å²) in [5, 5.41) is 7.55. The Morgan fingerprint density at radius 1 is 0.903 bits per heavy atom. The topological polar surface area (TPSA) is 80.6 Å². The molecule has 0 spiro atoms. The Balaban J connectivity index is 1.43. The first-order chi connectivity index (χ1) is 15.0. The maximum atomic E-state index is 12.9. The van der Waals surface area contributed by atoms with E-state index in [1.807, 2.05) is 80.6 Å². The van der Waals surface area contributed by atoms with E-state index in [1.54, 1.807) is 6.07 Å². The van der Waals surface area contributed by atoms with Crippen LogP contribution in [-0.4, -0.2) is 18.0 Å². The first-order valence-corrected chi connectivity index (χ1v) is 10.2. The van der Waals surface area contributed by atoms with Gasteiger partial charge in [-0.25, -0.2) is 4.79 Å². The van der Waals surface area contributed by atoms with E-state index in [-0.39, 0.29) is 18.4 Å². The lowest BCUT2D eigenvalue weighted by Gasteiger charge is -2.21. The van der Waals surface area contributed by atoms with Crippen molar-refractivity contribution in [2.24, 2.45) is 5.92 Å². The molecule has 158 valence electrons. The summed E-state index contributed by atoms with van der Waals surface area (Å²) in [4.78, 5) is 25.1. The van der Waals surface area contributed by atoms with Crippen LogP contribution in [0.25, 0.3) is 21.9 Å². The van der Waals surface area contributed by atoms with Crippen molar-refractivity contribution < 1.29 is 18.7 Å². The molecule has 6 heteroatoms. The van der Waals surface area contributed by atoms with E-state index >= 15 is 0 Å². The molecule has 4 aromatic rings. The van der Waals surface area contributed by atoms with Crippen molar-refractivity contribution in [2.45, 2.75) is 26.5 Å². The first-order valence-electron chi connectivity index (χ1n) is 10.2. The second kappa shape index (κ2) is 8.92. The number of nitrogens with one attached hydrogen (secondary N) is 2. The highest BCUT2D eigenvalue weighted by molar-refractivity contribution is 6.06. The van der Waals surface area contributed by atoms with Gasteiger partial charge in [-0.05, 0) is 29.7 Å². The minimum atomic E-state index is -0.741. The van der Waals surface area contributed by atoms with Crippen LogP contribution in [0.2, 0.25) is 0 Å². The second-order valence-electron chi connectivity index (χ2n) is 7.73. The molecule has 0 aliphatic rings. The third kappa shape index (κ3) is 4.69.